The van der Waals surface area contributed by atoms with Gasteiger partial charge in [0.1, 0.15) is 12.4 Å². The Hall–Kier alpha value is -2.86. The van der Waals surface area contributed by atoms with Crippen LogP contribution in [0.1, 0.15) is 29.8 Å². The summed E-state index contributed by atoms with van der Waals surface area (Å²) < 4.78 is 11.0. The van der Waals surface area contributed by atoms with Crippen LogP contribution in [0.2, 0.25) is 0 Å². The van der Waals surface area contributed by atoms with Crippen molar-refractivity contribution in [1.82, 2.24) is 4.98 Å². The van der Waals surface area contributed by atoms with Crippen LogP contribution in [0.4, 0.5) is 5.13 Å². The van der Waals surface area contributed by atoms with Crippen molar-refractivity contribution in [3.8, 4) is 17.0 Å². The van der Waals surface area contributed by atoms with Crippen LogP contribution >= 0.6 is 11.3 Å². The van der Waals surface area contributed by atoms with Crippen molar-refractivity contribution in [2.45, 2.75) is 26.6 Å². The van der Waals surface area contributed by atoms with E-state index in [4.69, 9.17) is 15.2 Å². The second kappa shape index (κ2) is 8.01. The number of nitrogen functional groups attached to an aromatic ring is 1. The monoisotopic (exact) mass is 368 g/mol. The molecule has 0 radical (unpaired) electrons. The molecule has 0 aliphatic rings. The number of nitrogens with zero attached hydrogens (tertiary/aromatic N) is 1. The predicted molar refractivity (Wildman–Crippen MR) is 103 cm³/mol. The van der Waals surface area contributed by atoms with Crippen LogP contribution in [0.5, 0.6) is 5.75 Å². The van der Waals surface area contributed by atoms with Crippen LogP contribution in [-0.2, 0) is 11.3 Å². The van der Waals surface area contributed by atoms with E-state index in [2.05, 4.69) is 4.98 Å². The van der Waals surface area contributed by atoms with Gasteiger partial charge in [0, 0.05) is 10.9 Å². The molecule has 0 aliphatic carbocycles. The Morgan fingerprint density at radius 3 is 2.62 bits per heavy atom. The Kier molecular flexibility index (Phi) is 5.53. The molecule has 6 heteroatoms. The molecule has 0 fully saturated rings. The van der Waals surface area contributed by atoms with Gasteiger partial charge in [-0.2, -0.15) is 0 Å². The molecule has 134 valence electrons. The molecule has 2 N–H and O–H groups in total. The highest BCUT2D eigenvalue weighted by molar-refractivity contribution is 7.13. The van der Waals surface area contributed by atoms with Gasteiger partial charge in [-0.15, -0.1) is 11.3 Å². The summed E-state index contributed by atoms with van der Waals surface area (Å²) in [7, 11) is 0. The third-order valence-corrected chi connectivity index (χ3v) is 4.26. The Morgan fingerprint density at radius 2 is 1.96 bits per heavy atom. The maximum absolute atomic E-state index is 11.9. The van der Waals surface area contributed by atoms with Crippen molar-refractivity contribution in [2.24, 2.45) is 0 Å². The van der Waals surface area contributed by atoms with Gasteiger partial charge in [-0.1, -0.05) is 24.3 Å². The summed E-state index contributed by atoms with van der Waals surface area (Å²) in [6, 6.07) is 14.9. The molecule has 0 bridgehead atoms. The van der Waals surface area contributed by atoms with Crippen molar-refractivity contribution < 1.29 is 14.3 Å². The van der Waals surface area contributed by atoms with Crippen LogP contribution < -0.4 is 10.5 Å². The van der Waals surface area contributed by atoms with Gasteiger partial charge in [-0.25, -0.2) is 9.78 Å². The molecule has 26 heavy (non-hydrogen) atoms. The van der Waals surface area contributed by atoms with Gasteiger partial charge in [-0.3, -0.25) is 0 Å². The van der Waals surface area contributed by atoms with Crippen molar-refractivity contribution >= 4 is 22.4 Å². The second-order valence-corrected chi connectivity index (χ2v) is 6.93. The minimum Gasteiger partial charge on any atom is -0.489 e. The van der Waals surface area contributed by atoms with E-state index >= 15 is 0 Å². The number of hydrogen-bond acceptors (Lipinski definition) is 6. The molecular formula is C20H20N2O3S. The number of benzene rings is 2. The topological polar surface area (TPSA) is 74.4 Å². The first-order valence-corrected chi connectivity index (χ1v) is 9.13. The zero-order valence-electron chi connectivity index (χ0n) is 14.6. The minimum absolute atomic E-state index is 0.133. The molecule has 0 saturated carbocycles. The maximum atomic E-state index is 11.9. The summed E-state index contributed by atoms with van der Waals surface area (Å²) in [5.41, 5.74) is 8.99. The first-order valence-electron chi connectivity index (χ1n) is 8.25. The van der Waals surface area contributed by atoms with Crippen molar-refractivity contribution in [3.63, 3.8) is 0 Å². The molecule has 0 amide bonds. The van der Waals surface area contributed by atoms with E-state index < -0.39 is 0 Å². The van der Waals surface area contributed by atoms with Crippen LogP contribution in [0.25, 0.3) is 11.3 Å². The van der Waals surface area contributed by atoms with Crippen LogP contribution in [0.3, 0.4) is 0 Å². The summed E-state index contributed by atoms with van der Waals surface area (Å²) in [4.78, 5) is 16.1. The molecule has 0 atom stereocenters. The molecule has 0 spiro atoms. The number of carbonyl (C=O) groups is 1. The molecule has 3 aromatic rings. The average molecular weight is 368 g/mol. The average Bonchev–Trinajstić information content (AvgIpc) is 3.06. The van der Waals surface area contributed by atoms with E-state index in [0.717, 1.165) is 22.6 Å². The summed E-state index contributed by atoms with van der Waals surface area (Å²) >= 11 is 1.41. The van der Waals surface area contributed by atoms with Crippen LogP contribution in [0, 0.1) is 0 Å². The first kappa shape index (κ1) is 17.9. The lowest BCUT2D eigenvalue weighted by atomic mass is 10.1. The predicted octanol–water partition coefficient (Wildman–Crippen LogP) is 4.54. The largest absolute Gasteiger partial charge is 0.489 e. The fraction of sp³-hybridized carbons (Fsp3) is 0.200. The van der Waals surface area contributed by atoms with Gasteiger partial charge in [-0.05, 0) is 43.7 Å². The van der Waals surface area contributed by atoms with E-state index in [1.165, 1.54) is 11.3 Å². The molecule has 1 aromatic heterocycles. The number of thiazole rings is 1. The third kappa shape index (κ3) is 4.61. The maximum Gasteiger partial charge on any atom is 0.338 e. The van der Waals surface area contributed by atoms with Gasteiger partial charge in [0.05, 0.1) is 17.4 Å². The molecule has 0 unspecified atom stereocenters. The fourth-order valence-corrected chi connectivity index (χ4v) is 2.92. The standard InChI is InChI=1S/C20H20N2O3S/c1-13(2)25-19(23)15-8-6-14(7-9-15)11-24-17-5-3-4-16(10-17)18-12-26-20(21)22-18/h3-10,12-13H,11H2,1-2H3,(H2,21,22). The van der Waals surface area contributed by atoms with Gasteiger partial charge in [0.2, 0.25) is 0 Å². The third-order valence-electron chi connectivity index (χ3n) is 3.59. The van der Waals surface area contributed by atoms with E-state index in [9.17, 15) is 4.79 Å². The second-order valence-electron chi connectivity index (χ2n) is 6.04. The van der Waals surface area contributed by atoms with Crippen molar-refractivity contribution in [3.05, 3.63) is 65.0 Å². The number of aromatic nitrogens is 1. The quantitative estimate of drug-likeness (QED) is 0.647. The zero-order chi connectivity index (χ0) is 18.5. The van der Waals surface area contributed by atoms with Gasteiger partial charge < -0.3 is 15.2 Å². The van der Waals surface area contributed by atoms with Crippen LogP contribution in [0.15, 0.2) is 53.9 Å². The SMILES string of the molecule is CC(C)OC(=O)c1ccc(COc2cccc(-c3csc(N)n3)c2)cc1. The molecule has 5 nitrogen and oxygen atoms in total. The van der Waals surface area contributed by atoms with E-state index in [1.807, 2.05) is 55.6 Å². The molecule has 1 heterocycles. The summed E-state index contributed by atoms with van der Waals surface area (Å²) in [6.07, 6.45) is -0.133. The van der Waals surface area contributed by atoms with Gasteiger partial charge in [0.25, 0.3) is 0 Å². The Bertz CT molecular complexity index is 888. The smallest absolute Gasteiger partial charge is 0.338 e. The molecule has 3 rings (SSSR count). The number of esters is 1. The zero-order valence-corrected chi connectivity index (χ0v) is 15.5. The Balaban J connectivity index is 1.63. The first-order chi connectivity index (χ1) is 12.5. The normalized spacial score (nSPS) is 10.7. The fourth-order valence-electron chi connectivity index (χ4n) is 2.35. The van der Waals surface area contributed by atoms with Gasteiger partial charge >= 0.3 is 5.97 Å². The highest BCUT2D eigenvalue weighted by atomic mass is 32.1. The Morgan fingerprint density at radius 1 is 1.19 bits per heavy atom. The van der Waals surface area contributed by atoms with Crippen LogP contribution in [-0.4, -0.2) is 17.1 Å². The van der Waals surface area contributed by atoms with Gasteiger partial charge in [0.15, 0.2) is 5.13 Å². The van der Waals surface area contributed by atoms with E-state index in [1.54, 1.807) is 12.1 Å². The lowest BCUT2D eigenvalue weighted by molar-refractivity contribution is 0.0378. The number of hydrogen-bond donors (Lipinski definition) is 1. The summed E-state index contributed by atoms with van der Waals surface area (Å²) in [5.74, 6) is 0.431. The highest BCUT2D eigenvalue weighted by Gasteiger charge is 2.09. The summed E-state index contributed by atoms with van der Waals surface area (Å²) in [6.45, 7) is 4.06. The molecule has 0 saturated heterocycles. The number of ether oxygens (including phenoxy) is 2. The lowest BCUT2D eigenvalue weighted by Gasteiger charge is -2.09. The lowest BCUT2D eigenvalue weighted by Crippen LogP contribution is -2.11. The molecule has 0 aliphatic heterocycles. The highest BCUT2D eigenvalue weighted by Crippen LogP contribution is 2.26. The number of rotatable bonds is 6. The Labute approximate surface area is 156 Å². The molecule has 2 aromatic carbocycles. The molecular weight excluding hydrogens is 348 g/mol. The minimum atomic E-state index is -0.317. The number of anilines is 1. The van der Waals surface area contributed by atoms with Crippen molar-refractivity contribution in [2.75, 3.05) is 5.73 Å². The van der Waals surface area contributed by atoms with Crippen molar-refractivity contribution in [1.29, 1.82) is 0 Å². The van der Waals surface area contributed by atoms with E-state index in [0.29, 0.717) is 17.3 Å². The summed E-state index contributed by atoms with van der Waals surface area (Å²) in [5, 5.41) is 2.46. The number of carbonyl (C=O) groups excluding carboxylic acids is 1. The van der Waals surface area contributed by atoms with E-state index in [-0.39, 0.29) is 12.1 Å². The number of nitrogens with two attached hydrogens (primary N) is 1.